The Morgan fingerprint density at radius 3 is 2.71 bits per heavy atom. The zero-order valence-corrected chi connectivity index (χ0v) is 7.70. The highest BCUT2D eigenvalue weighted by Gasteiger charge is 2.17. The molecule has 0 amide bonds. The zero-order valence-electron chi connectivity index (χ0n) is 7.70. The molecule has 0 saturated heterocycles. The molecule has 1 unspecified atom stereocenters. The molecule has 1 aromatic rings. The summed E-state index contributed by atoms with van der Waals surface area (Å²) >= 11 is 0. The molecule has 0 aromatic heterocycles. The molecule has 0 radical (unpaired) electrons. The van der Waals surface area contributed by atoms with Crippen LogP contribution in [0.15, 0.2) is 12.1 Å². The maximum Gasteiger partial charge on any atom is 0.194 e. The van der Waals surface area contributed by atoms with Crippen molar-refractivity contribution < 1.29 is 19.3 Å². The highest BCUT2D eigenvalue weighted by Crippen LogP contribution is 2.35. The Morgan fingerprint density at radius 2 is 2.21 bits per heavy atom. The second-order valence-electron chi connectivity index (χ2n) is 2.77. The van der Waals surface area contributed by atoms with E-state index in [4.69, 9.17) is 10.5 Å². The first kappa shape index (κ1) is 10.7. The van der Waals surface area contributed by atoms with Gasteiger partial charge in [0.25, 0.3) is 0 Å². The molecule has 0 saturated carbocycles. The van der Waals surface area contributed by atoms with Crippen LogP contribution in [-0.2, 0) is 0 Å². The average molecular weight is 201 g/mol. The first-order chi connectivity index (χ1) is 6.61. The highest BCUT2D eigenvalue weighted by molar-refractivity contribution is 5.47. The molecule has 1 atom stereocenters. The molecule has 0 spiro atoms. The number of rotatable bonds is 3. The van der Waals surface area contributed by atoms with Crippen molar-refractivity contribution >= 4 is 0 Å². The van der Waals surface area contributed by atoms with Gasteiger partial charge in [0.15, 0.2) is 17.3 Å². The van der Waals surface area contributed by atoms with E-state index in [9.17, 15) is 14.6 Å². The molecular formula is C9H12FNO3. The number of halogens is 1. The summed E-state index contributed by atoms with van der Waals surface area (Å²) in [5, 5.41) is 18.7. The molecular weight excluding hydrogens is 189 g/mol. The van der Waals surface area contributed by atoms with Crippen LogP contribution in [0.2, 0.25) is 0 Å². The Balaban J connectivity index is 3.23. The van der Waals surface area contributed by atoms with Gasteiger partial charge in [-0.3, -0.25) is 0 Å². The molecule has 1 aromatic carbocycles. The Morgan fingerprint density at radius 1 is 1.57 bits per heavy atom. The van der Waals surface area contributed by atoms with Gasteiger partial charge in [-0.05, 0) is 12.1 Å². The number of hydrogen-bond acceptors (Lipinski definition) is 4. The number of aliphatic hydroxyl groups is 1. The molecule has 14 heavy (non-hydrogen) atoms. The van der Waals surface area contributed by atoms with Gasteiger partial charge >= 0.3 is 0 Å². The lowest BCUT2D eigenvalue weighted by Gasteiger charge is -2.14. The van der Waals surface area contributed by atoms with E-state index in [1.807, 2.05) is 0 Å². The second-order valence-corrected chi connectivity index (χ2v) is 2.77. The van der Waals surface area contributed by atoms with Gasteiger partial charge in [-0.15, -0.1) is 0 Å². The minimum atomic E-state index is -0.976. The predicted octanol–water partition coefficient (Wildman–Crippen LogP) is 0.532. The lowest BCUT2D eigenvalue weighted by Crippen LogP contribution is -2.12. The van der Waals surface area contributed by atoms with E-state index >= 15 is 0 Å². The Labute approximate surface area is 80.7 Å². The number of nitrogens with two attached hydrogens (primary N) is 1. The minimum Gasteiger partial charge on any atom is -0.502 e. The minimum absolute atomic E-state index is 0.0264. The third kappa shape index (κ3) is 1.78. The molecule has 0 aliphatic heterocycles. The molecule has 4 nitrogen and oxygen atoms in total. The highest BCUT2D eigenvalue weighted by atomic mass is 19.1. The van der Waals surface area contributed by atoms with E-state index in [2.05, 4.69) is 0 Å². The van der Waals surface area contributed by atoms with Crippen LogP contribution in [0.4, 0.5) is 4.39 Å². The van der Waals surface area contributed by atoms with E-state index < -0.39 is 17.7 Å². The fourth-order valence-electron chi connectivity index (χ4n) is 1.17. The number of ether oxygens (including phenoxy) is 1. The molecule has 0 aliphatic rings. The van der Waals surface area contributed by atoms with Crippen LogP contribution >= 0.6 is 0 Å². The molecule has 0 heterocycles. The Kier molecular flexibility index (Phi) is 3.27. The summed E-state index contributed by atoms with van der Waals surface area (Å²) in [6.07, 6.45) is -0.976. The standard InChI is InChI=1S/C9H12FNO3/c1-14-9-5(7(12)4-11)2-3-6(10)8(9)13/h2-3,7,12-13H,4,11H2,1H3. The van der Waals surface area contributed by atoms with E-state index in [-0.39, 0.29) is 17.9 Å². The van der Waals surface area contributed by atoms with Crippen LogP contribution in [0, 0.1) is 5.82 Å². The summed E-state index contributed by atoms with van der Waals surface area (Å²) in [7, 11) is 1.28. The summed E-state index contributed by atoms with van der Waals surface area (Å²) in [4.78, 5) is 0. The van der Waals surface area contributed by atoms with E-state index in [1.165, 1.54) is 13.2 Å². The van der Waals surface area contributed by atoms with Crippen molar-refractivity contribution in [3.63, 3.8) is 0 Å². The quantitative estimate of drug-likeness (QED) is 0.666. The van der Waals surface area contributed by atoms with Crippen LogP contribution in [-0.4, -0.2) is 23.9 Å². The average Bonchev–Trinajstić information content (AvgIpc) is 2.20. The van der Waals surface area contributed by atoms with Crippen LogP contribution in [0.1, 0.15) is 11.7 Å². The number of phenols is 1. The summed E-state index contributed by atoms with van der Waals surface area (Å²) in [5.41, 5.74) is 5.51. The normalized spacial score (nSPS) is 12.6. The summed E-state index contributed by atoms with van der Waals surface area (Å²) < 4.78 is 17.6. The fourth-order valence-corrected chi connectivity index (χ4v) is 1.17. The van der Waals surface area contributed by atoms with Crippen molar-refractivity contribution in [3.05, 3.63) is 23.5 Å². The number of hydrogen-bond donors (Lipinski definition) is 3. The van der Waals surface area contributed by atoms with E-state index in [1.54, 1.807) is 0 Å². The maximum atomic E-state index is 12.9. The SMILES string of the molecule is COc1c(C(O)CN)ccc(F)c1O. The number of benzene rings is 1. The van der Waals surface area contributed by atoms with Crippen LogP contribution in [0.3, 0.4) is 0 Å². The smallest absolute Gasteiger partial charge is 0.194 e. The summed E-state index contributed by atoms with van der Waals surface area (Å²) in [5.74, 6) is -1.49. The first-order valence-corrected chi connectivity index (χ1v) is 4.05. The zero-order chi connectivity index (χ0) is 10.7. The third-order valence-electron chi connectivity index (χ3n) is 1.90. The van der Waals surface area contributed by atoms with Crippen LogP contribution < -0.4 is 10.5 Å². The molecule has 78 valence electrons. The Hall–Kier alpha value is -1.33. The van der Waals surface area contributed by atoms with Crippen molar-refractivity contribution in [2.24, 2.45) is 5.73 Å². The summed E-state index contributed by atoms with van der Waals surface area (Å²) in [6.45, 7) is -0.0264. The van der Waals surface area contributed by atoms with Crippen LogP contribution in [0.5, 0.6) is 11.5 Å². The van der Waals surface area contributed by atoms with E-state index in [0.717, 1.165) is 6.07 Å². The van der Waals surface area contributed by atoms with Crippen molar-refractivity contribution in [1.29, 1.82) is 0 Å². The van der Waals surface area contributed by atoms with Gasteiger partial charge < -0.3 is 20.7 Å². The Bertz CT molecular complexity index is 330. The first-order valence-electron chi connectivity index (χ1n) is 4.05. The monoisotopic (exact) mass is 201 g/mol. The lowest BCUT2D eigenvalue weighted by molar-refractivity contribution is 0.180. The van der Waals surface area contributed by atoms with Gasteiger partial charge in [0.2, 0.25) is 0 Å². The molecule has 1 rings (SSSR count). The lowest BCUT2D eigenvalue weighted by atomic mass is 10.1. The predicted molar refractivity (Wildman–Crippen MR) is 48.6 cm³/mol. The number of phenolic OH excluding ortho intramolecular Hbond substituents is 1. The topological polar surface area (TPSA) is 75.7 Å². The van der Waals surface area contributed by atoms with Gasteiger partial charge in [-0.1, -0.05) is 0 Å². The van der Waals surface area contributed by atoms with Crippen molar-refractivity contribution in [1.82, 2.24) is 0 Å². The van der Waals surface area contributed by atoms with Gasteiger partial charge in [-0.25, -0.2) is 4.39 Å². The molecule has 0 fully saturated rings. The van der Waals surface area contributed by atoms with Gasteiger partial charge in [0.1, 0.15) is 0 Å². The maximum absolute atomic E-state index is 12.9. The molecule has 0 bridgehead atoms. The van der Waals surface area contributed by atoms with Crippen LogP contribution in [0.25, 0.3) is 0 Å². The van der Waals surface area contributed by atoms with Crippen molar-refractivity contribution in [2.45, 2.75) is 6.10 Å². The second kappa shape index (κ2) is 4.26. The number of aliphatic hydroxyl groups excluding tert-OH is 1. The number of aromatic hydroxyl groups is 1. The third-order valence-corrected chi connectivity index (χ3v) is 1.90. The van der Waals surface area contributed by atoms with Crippen molar-refractivity contribution in [2.75, 3.05) is 13.7 Å². The largest absolute Gasteiger partial charge is 0.502 e. The van der Waals surface area contributed by atoms with E-state index in [0.29, 0.717) is 0 Å². The number of methoxy groups -OCH3 is 1. The molecule has 4 N–H and O–H groups in total. The van der Waals surface area contributed by atoms with Gasteiger partial charge in [0, 0.05) is 12.1 Å². The van der Waals surface area contributed by atoms with Gasteiger partial charge in [-0.2, -0.15) is 0 Å². The van der Waals surface area contributed by atoms with Gasteiger partial charge in [0.05, 0.1) is 13.2 Å². The fraction of sp³-hybridized carbons (Fsp3) is 0.333. The molecule has 5 heteroatoms. The summed E-state index contributed by atoms with van der Waals surface area (Å²) in [6, 6.07) is 2.37. The molecule has 0 aliphatic carbocycles. The van der Waals surface area contributed by atoms with Crippen molar-refractivity contribution in [3.8, 4) is 11.5 Å².